The summed E-state index contributed by atoms with van der Waals surface area (Å²) in [5.41, 5.74) is 5.14. The molecule has 0 spiro atoms. The fourth-order valence-electron chi connectivity index (χ4n) is 3.31. The average Bonchev–Trinajstić information content (AvgIpc) is 3.23. The lowest BCUT2D eigenvalue weighted by Crippen LogP contribution is -2.57. The van der Waals surface area contributed by atoms with Gasteiger partial charge in [0, 0.05) is 24.7 Å². The molecule has 2 atom stereocenters. The van der Waals surface area contributed by atoms with Gasteiger partial charge in [0.1, 0.15) is 0 Å². The first kappa shape index (κ1) is 14.3. The summed E-state index contributed by atoms with van der Waals surface area (Å²) in [4.78, 5) is 14.6. The lowest BCUT2D eigenvalue weighted by atomic mass is 9.91. The molecule has 3 N–H and O–H groups in total. The predicted octanol–water partition coefficient (Wildman–Crippen LogP) is 1.64. The molecule has 3 aliphatic rings. The van der Waals surface area contributed by atoms with Gasteiger partial charge < -0.3 is 11.1 Å². The number of hydrogen-bond acceptors (Lipinski definition) is 3. The van der Waals surface area contributed by atoms with Crippen molar-refractivity contribution in [3.8, 4) is 0 Å². The van der Waals surface area contributed by atoms with Gasteiger partial charge in [-0.25, -0.2) is 0 Å². The van der Waals surface area contributed by atoms with Crippen LogP contribution in [0, 0.1) is 5.92 Å². The van der Waals surface area contributed by atoms with Gasteiger partial charge in [0.2, 0.25) is 5.91 Å². The predicted molar refractivity (Wildman–Crippen MR) is 80.3 cm³/mol. The molecule has 4 heteroatoms. The van der Waals surface area contributed by atoms with E-state index in [9.17, 15) is 4.79 Å². The van der Waals surface area contributed by atoms with Crippen molar-refractivity contribution in [2.45, 2.75) is 82.5 Å². The van der Waals surface area contributed by atoms with Crippen LogP contribution in [0.3, 0.4) is 0 Å². The number of nitrogens with zero attached hydrogens (tertiary/aromatic N) is 1. The molecule has 3 fully saturated rings. The van der Waals surface area contributed by atoms with Crippen molar-refractivity contribution in [1.29, 1.82) is 0 Å². The molecule has 3 aliphatic carbocycles. The van der Waals surface area contributed by atoms with Gasteiger partial charge in [0.05, 0.1) is 5.54 Å². The SMILES string of the molecule is CC(CC(C)(NC1CC1)C(N)=O)N(CC1CC1)C1CC1. The van der Waals surface area contributed by atoms with Gasteiger partial charge in [-0.1, -0.05) is 0 Å². The van der Waals surface area contributed by atoms with E-state index in [1.165, 1.54) is 45.1 Å². The summed E-state index contributed by atoms with van der Waals surface area (Å²) in [7, 11) is 0. The molecule has 114 valence electrons. The first-order valence-corrected chi connectivity index (χ1v) is 8.31. The zero-order valence-electron chi connectivity index (χ0n) is 12.9. The summed E-state index contributed by atoms with van der Waals surface area (Å²) in [6.07, 6.45) is 8.66. The van der Waals surface area contributed by atoms with E-state index in [0.717, 1.165) is 18.4 Å². The first-order valence-electron chi connectivity index (χ1n) is 8.31. The van der Waals surface area contributed by atoms with Crippen LogP contribution in [-0.2, 0) is 4.79 Å². The van der Waals surface area contributed by atoms with Crippen LogP contribution < -0.4 is 11.1 Å². The standard InChI is InChI=1S/C16H29N3O/c1-11(19(14-7-8-14)10-12-3-4-12)9-16(2,15(17)20)18-13-5-6-13/h11-14,18H,3-10H2,1-2H3,(H2,17,20). The molecule has 4 nitrogen and oxygen atoms in total. The second-order valence-corrected chi connectivity index (χ2v) is 7.54. The van der Waals surface area contributed by atoms with Gasteiger partial charge >= 0.3 is 0 Å². The quantitative estimate of drug-likeness (QED) is 0.674. The monoisotopic (exact) mass is 279 g/mol. The second kappa shape index (κ2) is 5.30. The average molecular weight is 279 g/mol. The molecule has 0 aromatic carbocycles. The first-order chi connectivity index (χ1) is 9.48. The van der Waals surface area contributed by atoms with E-state index in [2.05, 4.69) is 17.1 Å². The van der Waals surface area contributed by atoms with Gasteiger partial charge in [-0.3, -0.25) is 9.69 Å². The maximum Gasteiger partial charge on any atom is 0.237 e. The lowest BCUT2D eigenvalue weighted by molar-refractivity contribution is -0.124. The Morgan fingerprint density at radius 2 is 1.95 bits per heavy atom. The highest BCUT2D eigenvalue weighted by Gasteiger charge is 2.42. The van der Waals surface area contributed by atoms with Crippen LogP contribution in [0.15, 0.2) is 0 Å². The van der Waals surface area contributed by atoms with Crippen molar-refractivity contribution in [3.63, 3.8) is 0 Å². The Balaban J connectivity index is 1.60. The normalized spacial score (nSPS) is 27.4. The Bertz CT molecular complexity index is 374. The van der Waals surface area contributed by atoms with Gasteiger partial charge in [0.25, 0.3) is 0 Å². The molecule has 20 heavy (non-hydrogen) atoms. The number of primary amides is 1. The molecule has 0 bridgehead atoms. The molecule has 3 rings (SSSR count). The van der Waals surface area contributed by atoms with E-state index >= 15 is 0 Å². The smallest absolute Gasteiger partial charge is 0.237 e. The van der Waals surface area contributed by atoms with Crippen molar-refractivity contribution >= 4 is 5.91 Å². The van der Waals surface area contributed by atoms with E-state index < -0.39 is 5.54 Å². The van der Waals surface area contributed by atoms with Crippen LogP contribution in [0.25, 0.3) is 0 Å². The second-order valence-electron chi connectivity index (χ2n) is 7.54. The molecular formula is C16H29N3O. The highest BCUT2D eigenvalue weighted by molar-refractivity contribution is 5.84. The maximum atomic E-state index is 11.9. The Kier molecular flexibility index (Phi) is 3.80. The van der Waals surface area contributed by atoms with Crippen molar-refractivity contribution in [2.24, 2.45) is 11.7 Å². The van der Waals surface area contributed by atoms with Crippen molar-refractivity contribution < 1.29 is 4.79 Å². The van der Waals surface area contributed by atoms with Gasteiger partial charge in [-0.2, -0.15) is 0 Å². The van der Waals surface area contributed by atoms with Crippen LogP contribution in [0.2, 0.25) is 0 Å². The summed E-state index contributed by atoms with van der Waals surface area (Å²) >= 11 is 0. The van der Waals surface area contributed by atoms with Gasteiger partial charge in [-0.15, -0.1) is 0 Å². The number of carbonyl (C=O) groups is 1. The molecular weight excluding hydrogens is 250 g/mol. The maximum absolute atomic E-state index is 11.9. The molecule has 0 aromatic rings. The molecule has 1 amide bonds. The third-order valence-electron chi connectivity index (χ3n) is 5.10. The highest BCUT2D eigenvalue weighted by atomic mass is 16.1. The molecule has 0 heterocycles. The minimum absolute atomic E-state index is 0.196. The molecule has 2 unspecified atom stereocenters. The Hall–Kier alpha value is -0.610. The Morgan fingerprint density at radius 3 is 2.40 bits per heavy atom. The van der Waals surface area contributed by atoms with Crippen molar-refractivity contribution in [3.05, 3.63) is 0 Å². The highest BCUT2D eigenvalue weighted by Crippen LogP contribution is 2.37. The van der Waals surface area contributed by atoms with Crippen LogP contribution in [0.1, 0.15) is 58.8 Å². The number of nitrogens with one attached hydrogen (secondary N) is 1. The van der Waals surface area contributed by atoms with E-state index in [1.54, 1.807) is 0 Å². The van der Waals surface area contributed by atoms with E-state index in [0.29, 0.717) is 12.1 Å². The summed E-state index contributed by atoms with van der Waals surface area (Å²) < 4.78 is 0. The zero-order chi connectivity index (χ0) is 14.3. The number of hydrogen-bond donors (Lipinski definition) is 2. The number of amides is 1. The third kappa shape index (κ3) is 3.53. The zero-order valence-corrected chi connectivity index (χ0v) is 12.9. The Morgan fingerprint density at radius 1 is 1.30 bits per heavy atom. The molecule has 0 aliphatic heterocycles. The molecule has 0 aromatic heterocycles. The van der Waals surface area contributed by atoms with Crippen molar-refractivity contribution in [2.75, 3.05) is 6.54 Å². The third-order valence-corrected chi connectivity index (χ3v) is 5.10. The summed E-state index contributed by atoms with van der Waals surface area (Å²) in [5.74, 6) is 0.715. The van der Waals surface area contributed by atoms with Gasteiger partial charge in [-0.05, 0) is 64.7 Å². The number of nitrogens with two attached hydrogens (primary N) is 1. The van der Waals surface area contributed by atoms with Crippen LogP contribution in [0.4, 0.5) is 0 Å². The summed E-state index contributed by atoms with van der Waals surface area (Å²) in [6, 6.07) is 1.72. The largest absolute Gasteiger partial charge is 0.368 e. The topological polar surface area (TPSA) is 58.4 Å². The van der Waals surface area contributed by atoms with Crippen LogP contribution in [0.5, 0.6) is 0 Å². The lowest BCUT2D eigenvalue weighted by Gasteiger charge is -2.36. The molecule has 3 saturated carbocycles. The fraction of sp³-hybridized carbons (Fsp3) is 0.938. The van der Waals surface area contributed by atoms with Gasteiger partial charge in [0.15, 0.2) is 0 Å². The molecule has 0 saturated heterocycles. The van der Waals surface area contributed by atoms with E-state index in [4.69, 9.17) is 5.73 Å². The fourth-order valence-corrected chi connectivity index (χ4v) is 3.31. The number of rotatable bonds is 9. The van der Waals surface area contributed by atoms with Crippen LogP contribution in [-0.4, -0.2) is 41.0 Å². The Labute approximate surface area is 122 Å². The van der Waals surface area contributed by atoms with Crippen molar-refractivity contribution in [1.82, 2.24) is 10.2 Å². The summed E-state index contributed by atoms with van der Waals surface area (Å²) in [6.45, 7) is 5.49. The van der Waals surface area contributed by atoms with E-state index in [-0.39, 0.29) is 5.91 Å². The number of carbonyl (C=O) groups excluding carboxylic acids is 1. The van der Waals surface area contributed by atoms with E-state index in [1.807, 2.05) is 6.92 Å². The minimum Gasteiger partial charge on any atom is -0.368 e. The minimum atomic E-state index is -0.544. The summed E-state index contributed by atoms with van der Waals surface area (Å²) in [5, 5.41) is 3.48. The molecule has 0 radical (unpaired) electrons. The van der Waals surface area contributed by atoms with Crippen LogP contribution >= 0.6 is 0 Å².